The summed E-state index contributed by atoms with van der Waals surface area (Å²) >= 11 is 0. The Morgan fingerprint density at radius 2 is 2.05 bits per heavy atom. The molecule has 2 rings (SSSR count). The second-order valence-electron chi connectivity index (χ2n) is 4.12. The lowest BCUT2D eigenvalue weighted by molar-refractivity contribution is 0.0600. The number of hydrogen-bond acceptors (Lipinski definition) is 5. The third-order valence-corrected chi connectivity index (χ3v) is 2.65. The monoisotopic (exact) mass is 289 g/mol. The summed E-state index contributed by atoms with van der Waals surface area (Å²) in [6.45, 7) is 0. The standard InChI is InChI=1S/C14H12FN3O3/c1-21-14(20)8-2-4-10(15)12(6-8)18-13(19)11-5-3-9(16)7-17-11/h2-7H,16H2,1H3,(H,18,19). The van der Waals surface area contributed by atoms with Crippen LogP contribution >= 0.6 is 0 Å². The van der Waals surface area contributed by atoms with Crippen molar-refractivity contribution in [3.05, 3.63) is 53.6 Å². The van der Waals surface area contributed by atoms with Crippen LogP contribution in [0.25, 0.3) is 0 Å². The van der Waals surface area contributed by atoms with Crippen LogP contribution in [0.1, 0.15) is 20.8 Å². The van der Waals surface area contributed by atoms with Crippen LogP contribution in [-0.2, 0) is 4.74 Å². The number of hydrogen-bond donors (Lipinski definition) is 2. The molecule has 0 spiro atoms. The number of nitrogen functional groups attached to an aromatic ring is 1. The van der Waals surface area contributed by atoms with E-state index in [0.29, 0.717) is 5.69 Å². The number of nitrogens with two attached hydrogens (primary N) is 1. The van der Waals surface area contributed by atoms with Gasteiger partial charge in [0.1, 0.15) is 11.5 Å². The maximum atomic E-state index is 13.7. The lowest BCUT2D eigenvalue weighted by Gasteiger charge is -2.08. The SMILES string of the molecule is COC(=O)c1ccc(F)c(NC(=O)c2ccc(N)cn2)c1. The van der Waals surface area contributed by atoms with Crippen molar-refractivity contribution < 1.29 is 18.7 Å². The summed E-state index contributed by atoms with van der Waals surface area (Å²) in [4.78, 5) is 27.1. The zero-order valence-corrected chi connectivity index (χ0v) is 11.1. The van der Waals surface area contributed by atoms with Crippen LogP contribution in [0.3, 0.4) is 0 Å². The van der Waals surface area contributed by atoms with Gasteiger partial charge >= 0.3 is 5.97 Å². The van der Waals surface area contributed by atoms with Gasteiger partial charge in [-0.15, -0.1) is 0 Å². The number of aromatic nitrogens is 1. The highest BCUT2D eigenvalue weighted by molar-refractivity contribution is 6.03. The number of carbonyl (C=O) groups excluding carboxylic acids is 2. The number of nitrogens with one attached hydrogen (secondary N) is 1. The second kappa shape index (κ2) is 6.00. The van der Waals surface area contributed by atoms with Gasteiger partial charge in [0.2, 0.25) is 0 Å². The van der Waals surface area contributed by atoms with Crippen molar-refractivity contribution in [3.63, 3.8) is 0 Å². The number of halogens is 1. The number of rotatable bonds is 3. The van der Waals surface area contributed by atoms with Gasteiger partial charge in [0, 0.05) is 0 Å². The van der Waals surface area contributed by atoms with Gasteiger partial charge in [-0.3, -0.25) is 4.79 Å². The molecule has 0 aliphatic heterocycles. The van der Waals surface area contributed by atoms with E-state index in [9.17, 15) is 14.0 Å². The predicted molar refractivity (Wildman–Crippen MR) is 74.3 cm³/mol. The fourth-order valence-electron chi connectivity index (χ4n) is 1.59. The first-order chi connectivity index (χ1) is 10.0. The third-order valence-electron chi connectivity index (χ3n) is 2.65. The van der Waals surface area contributed by atoms with Gasteiger partial charge < -0.3 is 15.8 Å². The molecular weight excluding hydrogens is 277 g/mol. The number of anilines is 2. The first-order valence-electron chi connectivity index (χ1n) is 5.92. The molecule has 7 heteroatoms. The molecule has 2 aromatic rings. The van der Waals surface area contributed by atoms with Gasteiger partial charge in [0.05, 0.1) is 30.2 Å². The number of benzene rings is 1. The van der Waals surface area contributed by atoms with Gasteiger partial charge in [-0.1, -0.05) is 0 Å². The molecule has 1 aromatic heterocycles. The molecule has 6 nitrogen and oxygen atoms in total. The molecule has 1 amide bonds. The van der Waals surface area contributed by atoms with Crippen LogP contribution in [-0.4, -0.2) is 24.0 Å². The maximum Gasteiger partial charge on any atom is 0.337 e. The van der Waals surface area contributed by atoms with E-state index in [1.54, 1.807) is 0 Å². The number of nitrogens with zero attached hydrogens (tertiary/aromatic N) is 1. The van der Waals surface area contributed by atoms with E-state index in [1.807, 2.05) is 0 Å². The van der Waals surface area contributed by atoms with Crippen LogP contribution in [0.4, 0.5) is 15.8 Å². The van der Waals surface area contributed by atoms with Crippen molar-refractivity contribution in [2.45, 2.75) is 0 Å². The number of amides is 1. The molecule has 0 saturated heterocycles. The van der Waals surface area contributed by atoms with Gasteiger partial charge in [-0.05, 0) is 30.3 Å². The van der Waals surface area contributed by atoms with Crippen LogP contribution in [0, 0.1) is 5.82 Å². The van der Waals surface area contributed by atoms with E-state index in [0.717, 1.165) is 6.07 Å². The molecule has 108 valence electrons. The summed E-state index contributed by atoms with van der Waals surface area (Å²) in [5.74, 6) is -1.92. The number of methoxy groups -OCH3 is 1. The number of pyridine rings is 1. The lowest BCUT2D eigenvalue weighted by Crippen LogP contribution is -2.15. The summed E-state index contributed by atoms with van der Waals surface area (Å²) in [7, 11) is 1.21. The van der Waals surface area contributed by atoms with Gasteiger partial charge in [0.25, 0.3) is 5.91 Å². The Kier molecular flexibility index (Phi) is 4.13. The number of ether oxygens (including phenoxy) is 1. The summed E-state index contributed by atoms with van der Waals surface area (Å²) in [5.41, 5.74) is 5.94. The van der Waals surface area contributed by atoms with Crippen molar-refractivity contribution in [1.29, 1.82) is 0 Å². The smallest absolute Gasteiger partial charge is 0.337 e. The van der Waals surface area contributed by atoms with E-state index in [-0.39, 0.29) is 16.9 Å². The largest absolute Gasteiger partial charge is 0.465 e. The van der Waals surface area contributed by atoms with Crippen LogP contribution < -0.4 is 11.1 Å². The van der Waals surface area contributed by atoms with Gasteiger partial charge in [-0.25, -0.2) is 14.2 Å². The van der Waals surface area contributed by atoms with Crippen molar-refractivity contribution in [2.24, 2.45) is 0 Å². The highest BCUT2D eigenvalue weighted by Crippen LogP contribution is 2.17. The molecule has 0 saturated carbocycles. The Balaban J connectivity index is 2.24. The molecule has 0 atom stereocenters. The van der Waals surface area contributed by atoms with Crippen molar-refractivity contribution in [2.75, 3.05) is 18.2 Å². The lowest BCUT2D eigenvalue weighted by atomic mass is 10.2. The maximum absolute atomic E-state index is 13.7. The zero-order chi connectivity index (χ0) is 15.4. The molecule has 0 bridgehead atoms. The molecule has 1 aromatic carbocycles. The first-order valence-corrected chi connectivity index (χ1v) is 5.92. The average molecular weight is 289 g/mol. The predicted octanol–water partition coefficient (Wildman–Crippen LogP) is 1.84. The first kappa shape index (κ1) is 14.4. The summed E-state index contributed by atoms with van der Waals surface area (Å²) < 4.78 is 18.2. The minimum atomic E-state index is -0.675. The summed E-state index contributed by atoms with van der Waals surface area (Å²) in [6.07, 6.45) is 1.32. The van der Waals surface area contributed by atoms with Gasteiger partial charge in [0.15, 0.2) is 0 Å². The molecule has 0 aliphatic rings. The molecule has 0 aliphatic carbocycles. The Hall–Kier alpha value is -2.96. The molecule has 21 heavy (non-hydrogen) atoms. The summed E-state index contributed by atoms with van der Waals surface area (Å²) in [6, 6.07) is 6.43. The van der Waals surface area contributed by atoms with E-state index >= 15 is 0 Å². The average Bonchev–Trinajstić information content (AvgIpc) is 2.49. The highest BCUT2D eigenvalue weighted by atomic mass is 19.1. The molecular formula is C14H12FN3O3. The summed E-state index contributed by atoms with van der Waals surface area (Å²) in [5, 5.41) is 2.34. The minimum Gasteiger partial charge on any atom is -0.465 e. The van der Waals surface area contributed by atoms with Crippen LogP contribution in [0.5, 0.6) is 0 Å². The minimum absolute atomic E-state index is 0.0760. The molecule has 0 unspecified atom stereocenters. The van der Waals surface area contributed by atoms with Crippen molar-refractivity contribution >= 4 is 23.3 Å². The van der Waals surface area contributed by atoms with Crippen LogP contribution in [0.15, 0.2) is 36.5 Å². The number of carbonyl (C=O) groups is 2. The van der Waals surface area contributed by atoms with E-state index in [4.69, 9.17) is 5.73 Å². The Bertz CT molecular complexity index is 686. The fraction of sp³-hybridized carbons (Fsp3) is 0.0714. The van der Waals surface area contributed by atoms with Gasteiger partial charge in [-0.2, -0.15) is 0 Å². The quantitative estimate of drug-likeness (QED) is 0.841. The molecule has 1 heterocycles. The normalized spacial score (nSPS) is 10.0. The van der Waals surface area contributed by atoms with E-state index < -0.39 is 17.7 Å². The fourth-order valence-corrected chi connectivity index (χ4v) is 1.59. The Labute approximate surface area is 119 Å². The Morgan fingerprint density at radius 1 is 1.29 bits per heavy atom. The van der Waals surface area contributed by atoms with Crippen molar-refractivity contribution in [1.82, 2.24) is 4.98 Å². The van der Waals surface area contributed by atoms with E-state index in [2.05, 4.69) is 15.0 Å². The van der Waals surface area contributed by atoms with E-state index in [1.165, 1.54) is 37.6 Å². The van der Waals surface area contributed by atoms with Crippen LogP contribution in [0.2, 0.25) is 0 Å². The third kappa shape index (κ3) is 3.33. The topological polar surface area (TPSA) is 94.3 Å². The highest BCUT2D eigenvalue weighted by Gasteiger charge is 2.13. The molecule has 0 radical (unpaired) electrons. The Morgan fingerprint density at radius 3 is 2.67 bits per heavy atom. The molecule has 0 fully saturated rings. The van der Waals surface area contributed by atoms with Crippen molar-refractivity contribution in [3.8, 4) is 0 Å². The zero-order valence-electron chi connectivity index (χ0n) is 11.1. The molecule has 3 N–H and O–H groups in total. The number of esters is 1. The second-order valence-corrected chi connectivity index (χ2v) is 4.12.